The number of halogens is 3. The lowest BCUT2D eigenvalue weighted by molar-refractivity contribution is 0.324. The molecule has 17 heavy (non-hydrogen) atoms. The number of hydrogen-bond donors (Lipinski definition) is 1. The van der Waals surface area contributed by atoms with Crippen LogP contribution in [-0.4, -0.2) is 6.54 Å². The van der Waals surface area contributed by atoms with E-state index in [1.54, 1.807) is 0 Å². The van der Waals surface area contributed by atoms with Crippen molar-refractivity contribution in [3.05, 3.63) is 35.1 Å². The molecule has 2 rings (SSSR count). The van der Waals surface area contributed by atoms with Gasteiger partial charge in [0.1, 0.15) is 0 Å². The van der Waals surface area contributed by atoms with Crippen LogP contribution in [-0.2, 0) is 0 Å². The third-order valence-electron chi connectivity index (χ3n) is 3.68. The molecule has 0 atom stereocenters. The van der Waals surface area contributed by atoms with Crippen molar-refractivity contribution in [3.63, 3.8) is 0 Å². The van der Waals surface area contributed by atoms with Crippen LogP contribution < -0.4 is 5.73 Å². The molecule has 2 N–H and O–H groups in total. The van der Waals surface area contributed by atoms with E-state index in [2.05, 4.69) is 0 Å². The first-order valence-corrected chi connectivity index (χ1v) is 5.97. The Hall–Kier alpha value is -1.03. The fraction of sp³-hybridized carbons (Fsp3) is 0.538. The highest BCUT2D eigenvalue weighted by Gasteiger charge is 2.25. The first-order valence-electron chi connectivity index (χ1n) is 5.97. The largest absolute Gasteiger partial charge is 0.330 e. The number of nitrogens with two attached hydrogens (primary N) is 1. The van der Waals surface area contributed by atoms with Crippen LogP contribution in [0, 0.1) is 23.4 Å². The summed E-state index contributed by atoms with van der Waals surface area (Å²) in [7, 11) is 0. The normalized spacial score (nSPS) is 24.9. The summed E-state index contributed by atoms with van der Waals surface area (Å²) in [5, 5.41) is 0. The lowest BCUT2D eigenvalue weighted by Gasteiger charge is -2.28. The van der Waals surface area contributed by atoms with Crippen molar-refractivity contribution >= 4 is 0 Å². The van der Waals surface area contributed by atoms with Gasteiger partial charge in [-0.25, -0.2) is 13.2 Å². The van der Waals surface area contributed by atoms with E-state index < -0.39 is 17.5 Å². The molecule has 0 radical (unpaired) electrons. The van der Waals surface area contributed by atoms with E-state index in [1.807, 2.05) is 0 Å². The molecule has 94 valence electrons. The number of rotatable bonds is 2. The second kappa shape index (κ2) is 5.08. The first-order chi connectivity index (χ1) is 8.13. The lowest BCUT2D eigenvalue weighted by atomic mass is 9.78. The van der Waals surface area contributed by atoms with E-state index in [-0.39, 0.29) is 5.92 Å². The molecule has 1 saturated carbocycles. The maximum absolute atomic E-state index is 13.6. The van der Waals surface area contributed by atoms with Crippen molar-refractivity contribution in [2.75, 3.05) is 6.54 Å². The Morgan fingerprint density at radius 3 is 2.24 bits per heavy atom. The Labute approximate surface area is 98.8 Å². The maximum Gasteiger partial charge on any atom is 0.194 e. The molecule has 1 aliphatic carbocycles. The minimum absolute atomic E-state index is 0.00657. The molecule has 0 heterocycles. The van der Waals surface area contributed by atoms with Gasteiger partial charge in [0.15, 0.2) is 17.5 Å². The van der Waals surface area contributed by atoms with Crippen LogP contribution in [0.2, 0.25) is 0 Å². The zero-order chi connectivity index (χ0) is 12.4. The molecule has 1 aliphatic rings. The van der Waals surface area contributed by atoms with E-state index in [0.29, 0.717) is 18.0 Å². The molecular weight excluding hydrogens is 227 g/mol. The number of benzene rings is 1. The summed E-state index contributed by atoms with van der Waals surface area (Å²) >= 11 is 0. The predicted molar refractivity (Wildman–Crippen MR) is 60.1 cm³/mol. The smallest absolute Gasteiger partial charge is 0.194 e. The van der Waals surface area contributed by atoms with Gasteiger partial charge < -0.3 is 5.73 Å². The zero-order valence-corrected chi connectivity index (χ0v) is 9.56. The van der Waals surface area contributed by atoms with Gasteiger partial charge in [-0.05, 0) is 55.7 Å². The van der Waals surface area contributed by atoms with Gasteiger partial charge in [0, 0.05) is 0 Å². The second-order valence-electron chi connectivity index (χ2n) is 4.72. The molecule has 0 aliphatic heterocycles. The molecule has 1 nitrogen and oxygen atoms in total. The van der Waals surface area contributed by atoms with Gasteiger partial charge in [-0.3, -0.25) is 0 Å². The summed E-state index contributed by atoms with van der Waals surface area (Å²) in [5.41, 5.74) is 5.88. The average Bonchev–Trinajstić information content (AvgIpc) is 2.36. The summed E-state index contributed by atoms with van der Waals surface area (Å²) in [4.78, 5) is 0. The third-order valence-corrected chi connectivity index (χ3v) is 3.68. The monoisotopic (exact) mass is 243 g/mol. The van der Waals surface area contributed by atoms with Crippen LogP contribution in [0.1, 0.15) is 37.2 Å². The van der Waals surface area contributed by atoms with Gasteiger partial charge >= 0.3 is 0 Å². The molecule has 1 aromatic rings. The highest BCUT2D eigenvalue weighted by molar-refractivity contribution is 5.24. The molecule has 1 aromatic carbocycles. The van der Waals surface area contributed by atoms with Crippen molar-refractivity contribution in [1.82, 2.24) is 0 Å². The zero-order valence-electron chi connectivity index (χ0n) is 9.56. The summed E-state index contributed by atoms with van der Waals surface area (Å²) < 4.78 is 39.5. The fourth-order valence-corrected chi connectivity index (χ4v) is 2.57. The number of hydrogen-bond acceptors (Lipinski definition) is 1. The van der Waals surface area contributed by atoms with Crippen LogP contribution in [0.25, 0.3) is 0 Å². The molecule has 0 aromatic heterocycles. The van der Waals surface area contributed by atoms with Crippen molar-refractivity contribution in [2.45, 2.75) is 31.6 Å². The van der Waals surface area contributed by atoms with E-state index in [1.165, 1.54) is 6.07 Å². The van der Waals surface area contributed by atoms with Gasteiger partial charge in [-0.15, -0.1) is 0 Å². The topological polar surface area (TPSA) is 26.0 Å². The van der Waals surface area contributed by atoms with E-state index in [4.69, 9.17) is 5.73 Å². The van der Waals surface area contributed by atoms with Crippen LogP contribution in [0.5, 0.6) is 0 Å². The third kappa shape index (κ3) is 2.46. The first kappa shape index (κ1) is 12.4. The van der Waals surface area contributed by atoms with Gasteiger partial charge in [-0.1, -0.05) is 6.07 Å². The Morgan fingerprint density at radius 1 is 1.00 bits per heavy atom. The summed E-state index contributed by atoms with van der Waals surface area (Å²) in [6, 6.07) is 2.37. The van der Waals surface area contributed by atoms with Gasteiger partial charge in [0.05, 0.1) is 0 Å². The van der Waals surface area contributed by atoms with Crippen LogP contribution >= 0.6 is 0 Å². The van der Waals surface area contributed by atoms with Crippen LogP contribution in [0.4, 0.5) is 13.2 Å². The fourth-order valence-electron chi connectivity index (χ4n) is 2.57. The van der Waals surface area contributed by atoms with Crippen LogP contribution in [0.15, 0.2) is 12.1 Å². The second-order valence-corrected chi connectivity index (χ2v) is 4.72. The Morgan fingerprint density at radius 2 is 1.65 bits per heavy atom. The molecule has 0 saturated heterocycles. The summed E-state index contributed by atoms with van der Waals surface area (Å²) in [5.74, 6) is -3.03. The molecule has 0 bridgehead atoms. The Kier molecular flexibility index (Phi) is 3.72. The maximum atomic E-state index is 13.6. The molecule has 0 amide bonds. The Bertz CT molecular complexity index is 398. The molecule has 1 fully saturated rings. The standard InChI is InChI=1S/C13H16F3N/c14-11-6-5-10(12(15)13(11)16)9-3-1-8(7-17)2-4-9/h5-6,8-9H,1-4,7,17H2. The van der Waals surface area contributed by atoms with Gasteiger partial charge in [0.2, 0.25) is 0 Å². The van der Waals surface area contributed by atoms with Gasteiger partial charge in [-0.2, -0.15) is 0 Å². The van der Waals surface area contributed by atoms with Crippen molar-refractivity contribution in [2.24, 2.45) is 11.7 Å². The molecule has 0 unspecified atom stereocenters. The summed E-state index contributed by atoms with van der Waals surface area (Å²) in [6.07, 6.45) is 3.45. The average molecular weight is 243 g/mol. The highest BCUT2D eigenvalue weighted by Crippen LogP contribution is 2.37. The molecule has 4 heteroatoms. The summed E-state index contributed by atoms with van der Waals surface area (Å²) in [6.45, 7) is 0.646. The minimum atomic E-state index is -1.36. The van der Waals surface area contributed by atoms with E-state index in [0.717, 1.165) is 31.7 Å². The minimum Gasteiger partial charge on any atom is -0.330 e. The van der Waals surface area contributed by atoms with Gasteiger partial charge in [0.25, 0.3) is 0 Å². The Balaban J connectivity index is 2.16. The SMILES string of the molecule is NCC1CCC(c2ccc(F)c(F)c2F)CC1. The molecule has 0 spiro atoms. The lowest BCUT2D eigenvalue weighted by Crippen LogP contribution is -2.21. The van der Waals surface area contributed by atoms with Crippen molar-refractivity contribution < 1.29 is 13.2 Å². The van der Waals surface area contributed by atoms with Crippen LogP contribution in [0.3, 0.4) is 0 Å². The van der Waals surface area contributed by atoms with E-state index >= 15 is 0 Å². The van der Waals surface area contributed by atoms with Crippen molar-refractivity contribution in [3.8, 4) is 0 Å². The van der Waals surface area contributed by atoms with E-state index in [9.17, 15) is 13.2 Å². The predicted octanol–water partition coefficient (Wildman–Crippen LogP) is 3.34. The van der Waals surface area contributed by atoms with Crippen molar-refractivity contribution in [1.29, 1.82) is 0 Å². The molecular formula is C13H16F3N. The quantitative estimate of drug-likeness (QED) is 0.792. The highest BCUT2D eigenvalue weighted by atomic mass is 19.2.